The van der Waals surface area contributed by atoms with Crippen molar-refractivity contribution in [3.63, 3.8) is 0 Å². The van der Waals surface area contributed by atoms with Crippen LogP contribution in [0.5, 0.6) is 0 Å². The maximum atomic E-state index is 13.0. The number of hydrogen-bond donors (Lipinski definition) is 1. The molecule has 0 aromatic heterocycles. The van der Waals surface area contributed by atoms with Crippen molar-refractivity contribution in [2.75, 3.05) is 0 Å². The minimum atomic E-state index is -0.776. The molecule has 0 unspecified atom stereocenters. The Hall–Kier alpha value is -1.89. The van der Waals surface area contributed by atoms with E-state index in [9.17, 15) is 14.4 Å². The van der Waals surface area contributed by atoms with Gasteiger partial charge in [-0.05, 0) is 31.0 Å². The third kappa shape index (κ3) is 2.67. The maximum absolute atomic E-state index is 13.0. The van der Waals surface area contributed by atoms with E-state index in [1.165, 1.54) is 18.2 Å². The lowest BCUT2D eigenvalue weighted by Crippen LogP contribution is -2.48. The first-order valence-electron chi connectivity index (χ1n) is 6.15. The first-order valence-corrected chi connectivity index (χ1v) is 6.15. The Morgan fingerprint density at radius 1 is 1.33 bits per heavy atom. The molecule has 0 aliphatic heterocycles. The van der Waals surface area contributed by atoms with Crippen molar-refractivity contribution in [3.8, 4) is 6.07 Å². The van der Waals surface area contributed by atoms with E-state index >= 15 is 0 Å². The Labute approximate surface area is 106 Å². The molecule has 1 aromatic rings. The quantitative estimate of drug-likeness (QED) is 0.872. The molecule has 0 saturated heterocycles. The van der Waals surface area contributed by atoms with Gasteiger partial charge in [0.15, 0.2) is 0 Å². The van der Waals surface area contributed by atoms with Gasteiger partial charge in [-0.1, -0.05) is 25.3 Å². The Balaban J connectivity index is 2.13. The van der Waals surface area contributed by atoms with Gasteiger partial charge in [0.05, 0.1) is 6.07 Å². The average Bonchev–Trinajstić information content (AvgIpc) is 2.40. The number of carbonyl (C=O) groups is 1. The average molecular weight is 246 g/mol. The first kappa shape index (κ1) is 12.6. The molecule has 1 aliphatic rings. The van der Waals surface area contributed by atoms with Gasteiger partial charge in [-0.25, -0.2) is 4.39 Å². The number of amides is 1. The highest BCUT2D eigenvalue weighted by molar-refractivity contribution is 5.94. The number of nitrogens with one attached hydrogen (secondary N) is 1. The lowest BCUT2D eigenvalue weighted by Gasteiger charge is -2.31. The van der Waals surface area contributed by atoms with E-state index in [2.05, 4.69) is 11.4 Å². The van der Waals surface area contributed by atoms with Crippen LogP contribution in [0.4, 0.5) is 4.39 Å². The predicted octanol–water partition coefficient (Wildman–Crippen LogP) is 2.78. The van der Waals surface area contributed by atoms with Gasteiger partial charge in [-0.15, -0.1) is 0 Å². The normalized spacial score (nSPS) is 17.8. The van der Waals surface area contributed by atoms with Crippen molar-refractivity contribution < 1.29 is 9.18 Å². The summed E-state index contributed by atoms with van der Waals surface area (Å²) in [7, 11) is 0. The van der Waals surface area contributed by atoms with E-state index in [1.807, 2.05) is 0 Å². The largest absolute Gasteiger partial charge is 0.334 e. The van der Waals surface area contributed by atoms with Crippen LogP contribution in [0.25, 0.3) is 0 Å². The smallest absolute Gasteiger partial charge is 0.252 e. The number of rotatable bonds is 2. The molecule has 1 saturated carbocycles. The molecular weight excluding hydrogens is 231 g/mol. The van der Waals surface area contributed by atoms with E-state index in [0.717, 1.165) is 19.3 Å². The van der Waals surface area contributed by atoms with E-state index in [0.29, 0.717) is 12.8 Å². The number of nitriles is 1. The van der Waals surface area contributed by atoms with Crippen molar-refractivity contribution in [2.24, 2.45) is 0 Å². The Morgan fingerprint density at radius 2 is 2.06 bits per heavy atom. The zero-order valence-electron chi connectivity index (χ0n) is 10.1. The number of hydrogen-bond acceptors (Lipinski definition) is 2. The number of nitrogens with zero attached hydrogens (tertiary/aromatic N) is 1. The SMILES string of the molecule is N#CC1(NC(=O)c2cccc(F)c2)CCCCC1. The molecule has 0 heterocycles. The van der Waals surface area contributed by atoms with Gasteiger partial charge in [0.25, 0.3) is 5.91 Å². The lowest BCUT2D eigenvalue weighted by molar-refractivity contribution is 0.0902. The van der Waals surface area contributed by atoms with Crippen LogP contribution < -0.4 is 5.32 Å². The Morgan fingerprint density at radius 3 is 2.67 bits per heavy atom. The molecule has 4 heteroatoms. The predicted molar refractivity (Wildman–Crippen MR) is 65.3 cm³/mol. The second-order valence-electron chi connectivity index (χ2n) is 4.72. The molecule has 0 atom stereocenters. The van der Waals surface area contributed by atoms with Crippen molar-refractivity contribution in [2.45, 2.75) is 37.6 Å². The summed E-state index contributed by atoms with van der Waals surface area (Å²) >= 11 is 0. The van der Waals surface area contributed by atoms with Crippen molar-refractivity contribution in [1.29, 1.82) is 5.26 Å². The van der Waals surface area contributed by atoms with Crippen LogP contribution in [0.3, 0.4) is 0 Å². The molecule has 0 bridgehead atoms. The van der Waals surface area contributed by atoms with Gasteiger partial charge in [-0.3, -0.25) is 4.79 Å². The molecule has 0 radical (unpaired) electrons. The Bertz CT molecular complexity index is 487. The summed E-state index contributed by atoms with van der Waals surface area (Å²) in [6, 6.07) is 7.72. The standard InChI is InChI=1S/C14H15FN2O/c15-12-6-4-5-11(9-12)13(18)17-14(10-16)7-2-1-3-8-14/h4-6,9H,1-3,7-8H2,(H,17,18). The highest BCUT2D eigenvalue weighted by Gasteiger charge is 2.33. The summed E-state index contributed by atoms with van der Waals surface area (Å²) in [5.74, 6) is -0.824. The van der Waals surface area contributed by atoms with Crippen LogP contribution in [-0.4, -0.2) is 11.4 Å². The summed E-state index contributed by atoms with van der Waals surface area (Å²) in [5.41, 5.74) is -0.517. The summed E-state index contributed by atoms with van der Waals surface area (Å²) in [6.45, 7) is 0. The molecule has 1 aromatic carbocycles. The highest BCUT2D eigenvalue weighted by Crippen LogP contribution is 2.27. The number of halogens is 1. The molecule has 18 heavy (non-hydrogen) atoms. The molecule has 1 fully saturated rings. The molecule has 1 amide bonds. The minimum absolute atomic E-state index is 0.259. The summed E-state index contributed by atoms with van der Waals surface area (Å²) in [4.78, 5) is 12.0. The molecule has 0 spiro atoms. The Kier molecular flexibility index (Phi) is 3.61. The van der Waals surface area contributed by atoms with Gasteiger partial charge in [0.2, 0.25) is 0 Å². The fourth-order valence-corrected chi connectivity index (χ4v) is 2.34. The van der Waals surface area contributed by atoms with E-state index in [-0.39, 0.29) is 11.5 Å². The minimum Gasteiger partial charge on any atom is -0.334 e. The van der Waals surface area contributed by atoms with Crippen molar-refractivity contribution in [1.82, 2.24) is 5.32 Å². The molecule has 94 valence electrons. The third-order valence-electron chi connectivity index (χ3n) is 3.36. The summed E-state index contributed by atoms with van der Waals surface area (Å²) in [6.07, 6.45) is 4.32. The third-order valence-corrected chi connectivity index (χ3v) is 3.36. The van der Waals surface area contributed by atoms with Gasteiger partial charge in [-0.2, -0.15) is 5.26 Å². The number of carbonyl (C=O) groups excluding carboxylic acids is 1. The molecule has 3 nitrogen and oxygen atoms in total. The van der Waals surface area contributed by atoms with E-state index < -0.39 is 11.4 Å². The first-order chi connectivity index (χ1) is 8.65. The monoisotopic (exact) mass is 246 g/mol. The van der Waals surface area contributed by atoms with Crippen molar-refractivity contribution >= 4 is 5.91 Å². The fraction of sp³-hybridized carbons (Fsp3) is 0.429. The topological polar surface area (TPSA) is 52.9 Å². The van der Waals surface area contributed by atoms with E-state index in [4.69, 9.17) is 0 Å². The van der Waals surface area contributed by atoms with Gasteiger partial charge in [0.1, 0.15) is 11.4 Å². The zero-order chi connectivity index (χ0) is 13.0. The van der Waals surface area contributed by atoms with E-state index in [1.54, 1.807) is 6.07 Å². The number of benzene rings is 1. The maximum Gasteiger partial charge on any atom is 0.252 e. The lowest BCUT2D eigenvalue weighted by atomic mass is 9.82. The second kappa shape index (κ2) is 5.18. The molecular formula is C14H15FN2O. The van der Waals surface area contributed by atoms with Crippen LogP contribution in [0.2, 0.25) is 0 Å². The molecule has 1 aliphatic carbocycles. The van der Waals surface area contributed by atoms with Crippen LogP contribution in [-0.2, 0) is 0 Å². The summed E-state index contributed by atoms with van der Waals surface area (Å²) < 4.78 is 13.0. The molecule has 2 rings (SSSR count). The van der Waals surface area contributed by atoms with Crippen LogP contribution in [0, 0.1) is 17.1 Å². The molecule has 1 N–H and O–H groups in total. The highest BCUT2D eigenvalue weighted by atomic mass is 19.1. The van der Waals surface area contributed by atoms with Gasteiger partial charge in [0, 0.05) is 5.56 Å². The zero-order valence-corrected chi connectivity index (χ0v) is 10.1. The van der Waals surface area contributed by atoms with Crippen LogP contribution in [0.15, 0.2) is 24.3 Å². The van der Waals surface area contributed by atoms with Gasteiger partial charge >= 0.3 is 0 Å². The van der Waals surface area contributed by atoms with Gasteiger partial charge < -0.3 is 5.32 Å². The van der Waals surface area contributed by atoms with Crippen LogP contribution >= 0.6 is 0 Å². The van der Waals surface area contributed by atoms with Crippen LogP contribution in [0.1, 0.15) is 42.5 Å². The fourth-order valence-electron chi connectivity index (χ4n) is 2.34. The second-order valence-corrected chi connectivity index (χ2v) is 4.72. The summed E-state index contributed by atoms with van der Waals surface area (Å²) in [5, 5.41) is 12.0. The van der Waals surface area contributed by atoms with Crippen molar-refractivity contribution in [3.05, 3.63) is 35.6 Å².